The Bertz CT molecular complexity index is 441. The summed E-state index contributed by atoms with van der Waals surface area (Å²) in [4.78, 5) is 26.4. The molecule has 1 heterocycles. The molecule has 0 saturated carbocycles. The SMILES string of the molecule is CN(C)c1ccncc1.COC(=O)C#CC(=O)OC. The van der Waals surface area contributed by atoms with Gasteiger partial charge < -0.3 is 14.4 Å². The molecule has 0 spiro atoms. The van der Waals surface area contributed by atoms with Gasteiger partial charge in [-0.05, 0) is 12.1 Å². The van der Waals surface area contributed by atoms with Gasteiger partial charge in [-0.2, -0.15) is 0 Å². The van der Waals surface area contributed by atoms with Crippen LogP contribution in [0.5, 0.6) is 0 Å². The number of ether oxygens (including phenoxy) is 2. The van der Waals surface area contributed by atoms with E-state index >= 15 is 0 Å². The monoisotopic (exact) mass is 264 g/mol. The maximum absolute atomic E-state index is 10.2. The Hall–Kier alpha value is -2.55. The van der Waals surface area contributed by atoms with Gasteiger partial charge in [0.05, 0.1) is 14.2 Å². The van der Waals surface area contributed by atoms with Gasteiger partial charge in [-0.1, -0.05) is 0 Å². The van der Waals surface area contributed by atoms with E-state index in [1.54, 1.807) is 12.4 Å². The predicted molar refractivity (Wildman–Crippen MR) is 70.4 cm³/mol. The molecular formula is C13H16N2O4. The minimum Gasteiger partial charge on any atom is -0.459 e. The summed E-state index contributed by atoms with van der Waals surface area (Å²) in [5.41, 5.74) is 1.19. The zero-order valence-electron chi connectivity index (χ0n) is 11.3. The Balaban J connectivity index is 0.000000342. The third-order valence-corrected chi connectivity index (χ3v) is 1.82. The summed E-state index contributed by atoms with van der Waals surface area (Å²) in [6, 6.07) is 3.94. The maximum Gasteiger partial charge on any atom is 0.384 e. The second-order valence-electron chi connectivity index (χ2n) is 3.33. The number of hydrogen-bond donors (Lipinski definition) is 0. The lowest BCUT2D eigenvalue weighted by molar-refractivity contribution is -0.135. The Morgan fingerprint density at radius 3 is 1.74 bits per heavy atom. The van der Waals surface area contributed by atoms with Gasteiger partial charge in [0.25, 0.3) is 0 Å². The van der Waals surface area contributed by atoms with E-state index < -0.39 is 11.9 Å². The highest BCUT2D eigenvalue weighted by Crippen LogP contribution is 2.05. The van der Waals surface area contributed by atoms with E-state index in [4.69, 9.17) is 0 Å². The quantitative estimate of drug-likeness (QED) is 0.417. The highest BCUT2D eigenvalue weighted by atomic mass is 16.5. The fourth-order valence-corrected chi connectivity index (χ4v) is 0.846. The highest BCUT2D eigenvalue weighted by molar-refractivity contribution is 5.98. The van der Waals surface area contributed by atoms with Gasteiger partial charge in [-0.25, -0.2) is 9.59 Å². The van der Waals surface area contributed by atoms with Crippen molar-refractivity contribution in [3.8, 4) is 11.8 Å². The number of hydrogen-bond acceptors (Lipinski definition) is 6. The lowest BCUT2D eigenvalue weighted by Gasteiger charge is -2.10. The van der Waals surface area contributed by atoms with Crippen molar-refractivity contribution in [1.82, 2.24) is 4.98 Å². The molecule has 6 heteroatoms. The predicted octanol–water partition coefficient (Wildman–Crippen LogP) is 0.483. The van der Waals surface area contributed by atoms with Crippen molar-refractivity contribution >= 4 is 17.6 Å². The number of anilines is 1. The van der Waals surface area contributed by atoms with Crippen molar-refractivity contribution in [2.75, 3.05) is 33.2 Å². The van der Waals surface area contributed by atoms with Crippen LogP contribution >= 0.6 is 0 Å². The first-order valence-electron chi connectivity index (χ1n) is 5.26. The Kier molecular flexibility index (Phi) is 8.21. The molecule has 0 saturated heterocycles. The summed E-state index contributed by atoms with van der Waals surface area (Å²) in [5, 5.41) is 0. The van der Waals surface area contributed by atoms with Gasteiger partial charge in [-0.15, -0.1) is 0 Å². The fraction of sp³-hybridized carbons (Fsp3) is 0.308. The Labute approximate surface area is 112 Å². The van der Waals surface area contributed by atoms with Crippen LogP contribution in [-0.4, -0.2) is 45.2 Å². The van der Waals surface area contributed by atoms with Crippen molar-refractivity contribution < 1.29 is 19.1 Å². The number of aromatic nitrogens is 1. The van der Waals surface area contributed by atoms with Crippen LogP contribution in [0.25, 0.3) is 0 Å². The van der Waals surface area contributed by atoms with Gasteiger partial charge >= 0.3 is 11.9 Å². The third-order valence-electron chi connectivity index (χ3n) is 1.82. The van der Waals surface area contributed by atoms with E-state index in [-0.39, 0.29) is 0 Å². The first-order chi connectivity index (χ1) is 9.01. The van der Waals surface area contributed by atoms with E-state index in [1.165, 1.54) is 19.9 Å². The standard InChI is InChI=1S/C7H10N2.C6H6O4/c1-9(2)7-3-5-8-6-4-7;1-9-5(7)3-4-6(8)10-2/h3-6H,1-2H3;1-2H3. The molecule has 0 unspecified atom stereocenters. The lowest BCUT2D eigenvalue weighted by Crippen LogP contribution is -2.07. The maximum atomic E-state index is 10.2. The van der Waals surface area contributed by atoms with E-state index in [9.17, 15) is 9.59 Å². The smallest absolute Gasteiger partial charge is 0.384 e. The summed E-state index contributed by atoms with van der Waals surface area (Å²) < 4.78 is 8.25. The molecule has 6 nitrogen and oxygen atoms in total. The second kappa shape index (κ2) is 9.48. The van der Waals surface area contributed by atoms with Crippen LogP contribution in [0.4, 0.5) is 5.69 Å². The number of pyridine rings is 1. The molecule has 0 N–H and O–H groups in total. The highest BCUT2D eigenvalue weighted by Gasteiger charge is 1.93. The summed E-state index contributed by atoms with van der Waals surface area (Å²) in [6.07, 6.45) is 3.57. The number of rotatable bonds is 1. The van der Waals surface area contributed by atoms with Gasteiger partial charge in [-0.3, -0.25) is 4.98 Å². The molecular weight excluding hydrogens is 248 g/mol. The molecule has 1 rings (SSSR count). The van der Waals surface area contributed by atoms with Crippen LogP contribution in [0.3, 0.4) is 0 Å². The first-order valence-corrected chi connectivity index (χ1v) is 5.26. The topological polar surface area (TPSA) is 68.7 Å². The molecule has 102 valence electrons. The fourth-order valence-electron chi connectivity index (χ4n) is 0.846. The van der Waals surface area contributed by atoms with Crippen molar-refractivity contribution in [2.24, 2.45) is 0 Å². The molecule has 0 fully saturated rings. The zero-order valence-corrected chi connectivity index (χ0v) is 11.3. The van der Waals surface area contributed by atoms with Crippen molar-refractivity contribution in [2.45, 2.75) is 0 Å². The molecule has 0 radical (unpaired) electrons. The third kappa shape index (κ3) is 8.21. The van der Waals surface area contributed by atoms with Gasteiger partial charge in [0.1, 0.15) is 0 Å². The zero-order chi connectivity index (χ0) is 14.7. The molecule has 1 aromatic heterocycles. The van der Waals surface area contributed by atoms with Crippen LogP contribution in [0.2, 0.25) is 0 Å². The van der Waals surface area contributed by atoms with Crippen molar-refractivity contribution in [3.05, 3.63) is 24.5 Å². The van der Waals surface area contributed by atoms with Crippen LogP contribution in [0.1, 0.15) is 0 Å². The molecule has 0 aliphatic heterocycles. The number of esters is 2. The van der Waals surface area contributed by atoms with Gasteiger partial charge in [0.15, 0.2) is 0 Å². The summed E-state index contributed by atoms with van der Waals surface area (Å²) in [5.74, 6) is 2.28. The van der Waals surface area contributed by atoms with E-state index in [1.807, 2.05) is 43.0 Å². The molecule has 0 aromatic carbocycles. The average molecular weight is 264 g/mol. The molecule has 0 aliphatic carbocycles. The number of carbonyl (C=O) groups excluding carboxylic acids is 2. The summed E-state index contributed by atoms with van der Waals surface area (Å²) in [7, 11) is 6.37. The molecule has 0 atom stereocenters. The average Bonchev–Trinajstić information content (AvgIpc) is 2.45. The minimum atomic E-state index is -0.759. The normalized spacial score (nSPS) is 8.00. The van der Waals surface area contributed by atoms with Crippen molar-refractivity contribution in [1.29, 1.82) is 0 Å². The van der Waals surface area contributed by atoms with Crippen molar-refractivity contribution in [3.63, 3.8) is 0 Å². The number of carbonyl (C=O) groups is 2. The summed E-state index contributed by atoms with van der Waals surface area (Å²) in [6.45, 7) is 0. The largest absolute Gasteiger partial charge is 0.459 e. The minimum absolute atomic E-state index is 0.759. The Morgan fingerprint density at radius 1 is 1.05 bits per heavy atom. The lowest BCUT2D eigenvalue weighted by atomic mass is 10.4. The number of methoxy groups -OCH3 is 2. The van der Waals surface area contributed by atoms with Crippen LogP contribution in [0.15, 0.2) is 24.5 Å². The molecule has 0 bridgehead atoms. The summed E-state index contributed by atoms with van der Waals surface area (Å²) >= 11 is 0. The van der Waals surface area contributed by atoms with Gasteiger partial charge in [0, 0.05) is 44.0 Å². The van der Waals surface area contributed by atoms with E-state index in [0.29, 0.717) is 0 Å². The number of nitrogens with zero attached hydrogens (tertiary/aromatic N) is 2. The molecule has 19 heavy (non-hydrogen) atoms. The molecule has 1 aromatic rings. The van der Waals surface area contributed by atoms with Crippen LogP contribution in [-0.2, 0) is 19.1 Å². The van der Waals surface area contributed by atoms with Gasteiger partial charge in [0.2, 0.25) is 0 Å². The molecule has 0 aliphatic rings. The second-order valence-corrected chi connectivity index (χ2v) is 3.33. The molecule has 0 amide bonds. The first kappa shape index (κ1) is 16.4. The van der Waals surface area contributed by atoms with E-state index in [0.717, 1.165) is 0 Å². The van der Waals surface area contributed by atoms with Crippen LogP contribution < -0.4 is 4.90 Å². The van der Waals surface area contributed by atoms with E-state index in [2.05, 4.69) is 14.5 Å². The Morgan fingerprint density at radius 2 is 1.47 bits per heavy atom. The van der Waals surface area contributed by atoms with Crippen LogP contribution in [0, 0.1) is 11.8 Å².